The zero-order valence-electron chi connectivity index (χ0n) is 10.4. The van der Waals surface area contributed by atoms with Gasteiger partial charge in [0.1, 0.15) is 5.82 Å². The van der Waals surface area contributed by atoms with Crippen LogP contribution in [0.4, 0.5) is 4.39 Å². The Balaban J connectivity index is 1.68. The Morgan fingerprint density at radius 3 is 2.95 bits per heavy atom. The SMILES string of the molecule is Fc1cccc(Cl)c1Cn1ccc(CNC2CC2)n1. The van der Waals surface area contributed by atoms with Crippen LogP contribution in [0, 0.1) is 5.82 Å². The second kappa shape index (κ2) is 5.31. The van der Waals surface area contributed by atoms with Crippen LogP contribution in [-0.2, 0) is 13.1 Å². The van der Waals surface area contributed by atoms with Crippen molar-refractivity contribution in [1.29, 1.82) is 0 Å². The number of benzene rings is 1. The van der Waals surface area contributed by atoms with E-state index in [1.807, 2.05) is 12.3 Å². The van der Waals surface area contributed by atoms with Crippen LogP contribution in [-0.4, -0.2) is 15.8 Å². The van der Waals surface area contributed by atoms with Crippen LogP contribution < -0.4 is 5.32 Å². The molecular weight excluding hydrogens is 265 g/mol. The maximum Gasteiger partial charge on any atom is 0.129 e. The lowest BCUT2D eigenvalue weighted by molar-refractivity contribution is 0.578. The number of hydrogen-bond donors (Lipinski definition) is 1. The third kappa shape index (κ3) is 3.14. The molecule has 3 nitrogen and oxygen atoms in total. The van der Waals surface area contributed by atoms with Gasteiger partial charge in [-0.05, 0) is 31.0 Å². The highest BCUT2D eigenvalue weighted by Crippen LogP contribution is 2.20. The molecule has 1 N–H and O–H groups in total. The highest BCUT2D eigenvalue weighted by molar-refractivity contribution is 6.31. The van der Waals surface area contributed by atoms with Gasteiger partial charge in [-0.2, -0.15) is 5.10 Å². The predicted octanol–water partition coefficient (Wildman–Crippen LogP) is 2.98. The number of nitrogens with zero attached hydrogens (tertiary/aromatic N) is 2. The summed E-state index contributed by atoms with van der Waals surface area (Å²) in [6, 6.07) is 7.32. The van der Waals surface area contributed by atoms with E-state index in [1.54, 1.807) is 16.8 Å². The van der Waals surface area contributed by atoms with Crippen molar-refractivity contribution in [1.82, 2.24) is 15.1 Å². The Kier molecular flexibility index (Phi) is 3.53. The molecule has 19 heavy (non-hydrogen) atoms. The van der Waals surface area contributed by atoms with Gasteiger partial charge < -0.3 is 5.32 Å². The van der Waals surface area contributed by atoms with E-state index in [2.05, 4.69) is 10.4 Å². The van der Waals surface area contributed by atoms with Crippen LogP contribution in [0.3, 0.4) is 0 Å². The van der Waals surface area contributed by atoms with Crippen molar-refractivity contribution in [2.75, 3.05) is 0 Å². The molecule has 1 heterocycles. The first kappa shape index (κ1) is 12.6. The summed E-state index contributed by atoms with van der Waals surface area (Å²) >= 11 is 6.00. The van der Waals surface area contributed by atoms with Gasteiger partial charge in [-0.15, -0.1) is 0 Å². The molecule has 1 fully saturated rings. The van der Waals surface area contributed by atoms with Crippen molar-refractivity contribution in [2.45, 2.75) is 32.0 Å². The average Bonchev–Trinajstić information content (AvgIpc) is 3.11. The molecule has 0 atom stereocenters. The normalized spacial score (nSPS) is 14.8. The Morgan fingerprint density at radius 2 is 2.21 bits per heavy atom. The zero-order valence-corrected chi connectivity index (χ0v) is 11.2. The van der Waals surface area contributed by atoms with Gasteiger partial charge in [0.25, 0.3) is 0 Å². The maximum absolute atomic E-state index is 13.7. The Hall–Kier alpha value is -1.39. The third-order valence-corrected chi connectivity index (χ3v) is 3.58. The molecule has 0 spiro atoms. The van der Waals surface area contributed by atoms with Crippen molar-refractivity contribution >= 4 is 11.6 Å². The summed E-state index contributed by atoms with van der Waals surface area (Å²) in [5, 5.41) is 8.25. The van der Waals surface area contributed by atoms with Gasteiger partial charge >= 0.3 is 0 Å². The number of nitrogens with one attached hydrogen (secondary N) is 1. The summed E-state index contributed by atoms with van der Waals surface area (Å²) < 4.78 is 15.4. The van der Waals surface area contributed by atoms with Gasteiger partial charge in [-0.1, -0.05) is 17.7 Å². The van der Waals surface area contributed by atoms with Crippen molar-refractivity contribution in [3.63, 3.8) is 0 Å². The van der Waals surface area contributed by atoms with Crippen LogP contribution in [0.25, 0.3) is 0 Å². The molecule has 0 saturated heterocycles. The monoisotopic (exact) mass is 279 g/mol. The molecule has 5 heteroatoms. The van der Waals surface area contributed by atoms with E-state index < -0.39 is 0 Å². The van der Waals surface area contributed by atoms with E-state index in [0.717, 1.165) is 12.2 Å². The van der Waals surface area contributed by atoms with Gasteiger partial charge in [0.05, 0.1) is 12.2 Å². The van der Waals surface area contributed by atoms with Gasteiger partial charge in [-0.25, -0.2) is 4.39 Å². The molecule has 1 aromatic carbocycles. The standard InChI is InChI=1S/C14H15ClFN3/c15-13-2-1-3-14(16)12(13)9-19-7-6-11(18-19)8-17-10-4-5-10/h1-3,6-7,10,17H,4-5,8-9H2. The molecule has 1 aliphatic carbocycles. The summed E-state index contributed by atoms with van der Waals surface area (Å²) in [6.45, 7) is 1.12. The fourth-order valence-electron chi connectivity index (χ4n) is 1.97. The summed E-state index contributed by atoms with van der Waals surface area (Å²) in [4.78, 5) is 0. The molecule has 0 radical (unpaired) electrons. The lowest BCUT2D eigenvalue weighted by Gasteiger charge is -2.06. The largest absolute Gasteiger partial charge is 0.308 e. The molecule has 0 bridgehead atoms. The van der Waals surface area contributed by atoms with Crippen molar-refractivity contribution in [3.8, 4) is 0 Å². The topological polar surface area (TPSA) is 29.9 Å². The van der Waals surface area contributed by atoms with Crippen LogP contribution >= 0.6 is 11.6 Å². The molecule has 3 rings (SSSR count). The minimum atomic E-state index is -0.291. The molecule has 0 amide bonds. The quantitative estimate of drug-likeness (QED) is 0.912. The molecule has 1 aromatic heterocycles. The van der Waals surface area contributed by atoms with E-state index >= 15 is 0 Å². The van der Waals surface area contributed by atoms with Crippen molar-refractivity contribution in [2.24, 2.45) is 0 Å². The van der Waals surface area contributed by atoms with Crippen molar-refractivity contribution < 1.29 is 4.39 Å². The number of rotatable bonds is 5. The predicted molar refractivity (Wildman–Crippen MR) is 72.6 cm³/mol. The number of aromatic nitrogens is 2. The van der Waals surface area contributed by atoms with Crippen LogP contribution in [0.2, 0.25) is 5.02 Å². The van der Waals surface area contributed by atoms with E-state index in [9.17, 15) is 4.39 Å². The van der Waals surface area contributed by atoms with E-state index in [-0.39, 0.29) is 5.82 Å². The average molecular weight is 280 g/mol. The van der Waals surface area contributed by atoms with Crippen LogP contribution in [0.15, 0.2) is 30.5 Å². The second-order valence-electron chi connectivity index (χ2n) is 4.86. The van der Waals surface area contributed by atoms with Gasteiger partial charge in [0, 0.05) is 29.4 Å². The summed E-state index contributed by atoms with van der Waals surface area (Å²) in [5.74, 6) is -0.291. The molecule has 1 aliphatic rings. The molecule has 0 unspecified atom stereocenters. The van der Waals surface area contributed by atoms with Gasteiger partial charge in [-0.3, -0.25) is 4.68 Å². The third-order valence-electron chi connectivity index (χ3n) is 3.23. The zero-order chi connectivity index (χ0) is 13.2. The first-order chi connectivity index (χ1) is 9.22. The Labute approximate surface area is 116 Å². The summed E-state index contributed by atoms with van der Waals surface area (Å²) in [7, 11) is 0. The lowest BCUT2D eigenvalue weighted by Crippen LogP contribution is -2.16. The first-order valence-electron chi connectivity index (χ1n) is 6.41. The molecule has 2 aromatic rings. The molecule has 0 aliphatic heterocycles. The first-order valence-corrected chi connectivity index (χ1v) is 6.79. The summed E-state index contributed by atoms with van der Waals surface area (Å²) in [6.07, 6.45) is 4.36. The van der Waals surface area contributed by atoms with Crippen LogP contribution in [0.5, 0.6) is 0 Å². The number of hydrogen-bond acceptors (Lipinski definition) is 2. The highest BCUT2D eigenvalue weighted by Gasteiger charge is 2.20. The second-order valence-corrected chi connectivity index (χ2v) is 5.27. The fourth-order valence-corrected chi connectivity index (χ4v) is 2.19. The van der Waals surface area contributed by atoms with E-state index in [1.165, 1.54) is 18.9 Å². The lowest BCUT2D eigenvalue weighted by atomic mass is 10.2. The maximum atomic E-state index is 13.7. The Bertz CT molecular complexity index is 558. The Morgan fingerprint density at radius 1 is 1.37 bits per heavy atom. The van der Waals surface area contributed by atoms with Gasteiger partial charge in [0.15, 0.2) is 0 Å². The van der Waals surface area contributed by atoms with Crippen molar-refractivity contribution in [3.05, 3.63) is 52.6 Å². The highest BCUT2D eigenvalue weighted by atomic mass is 35.5. The molecule has 1 saturated carbocycles. The fraction of sp³-hybridized carbons (Fsp3) is 0.357. The molecule has 100 valence electrons. The van der Waals surface area contributed by atoms with Gasteiger partial charge in [0.2, 0.25) is 0 Å². The van der Waals surface area contributed by atoms with E-state index in [4.69, 9.17) is 11.6 Å². The van der Waals surface area contributed by atoms with Crippen LogP contribution in [0.1, 0.15) is 24.1 Å². The smallest absolute Gasteiger partial charge is 0.129 e. The summed E-state index contributed by atoms with van der Waals surface area (Å²) in [5.41, 5.74) is 1.45. The minimum absolute atomic E-state index is 0.291. The number of halogens is 2. The minimum Gasteiger partial charge on any atom is -0.308 e. The van der Waals surface area contributed by atoms with E-state index in [0.29, 0.717) is 23.2 Å². The molecular formula is C14H15ClFN3.